The molecule has 34 heavy (non-hydrogen) atoms. The van der Waals surface area contributed by atoms with Crippen LogP contribution in [0.25, 0.3) is 0 Å². The first-order valence-electron chi connectivity index (χ1n) is 10.4. The van der Waals surface area contributed by atoms with E-state index < -0.39 is 22.7 Å². The number of halogens is 2. The summed E-state index contributed by atoms with van der Waals surface area (Å²) in [4.78, 5) is 0. The molecule has 10 heteroatoms. The van der Waals surface area contributed by atoms with Crippen LogP contribution in [0.4, 0.5) is 14.5 Å². The van der Waals surface area contributed by atoms with Gasteiger partial charge in [-0.1, -0.05) is 48.5 Å². The van der Waals surface area contributed by atoms with Crippen LogP contribution in [0.2, 0.25) is 0 Å². The zero-order valence-electron chi connectivity index (χ0n) is 18.4. The Balaban J connectivity index is 1.76. The molecule has 0 saturated carbocycles. The Morgan fingerprint density at radius 1 is 0.971 bits per heavy atom. The molecule has 3 aromatic carbocycles. The number of aliphatic hydroxyl groups excluding tert-OH is 1. The number of phenols is 1. The molecule has 0 aliphatic rings. The fourth-order valence-electron chi connectivity index (χ4n) is 3.45. The summed E-state index contributed by atoms with van der Waals surface area (Å²) in [7, 11) is -3.61. The first-order valence-corrected chi connectivity index (χ1v) is 12.3. The van der Waals surface area contributed by atoms with Gasteiger partial charge in [-0.25, -0.2) is 8.42 Å². The van der Waals surface area contributed by atoms with Crippen LogP contribution in [-0.2, 0) is 16.4 Å². The van der Waals surface area contributed by atoms with Crippen molar-refractivity contribution in [1.82, 2.24) is 5.32 Å². The lowest BCUT2D eigenvalue weighted by atomic mass is 9.98. The normalized spacial score (nSPS) is 13.4. The fourth-order valence-corrected chi connectivity index (χ4v) is 4.02. The number of hydrogen-bond donors (Lipinski definition) is 4. The molecule has 0 heterocycles. The first kappa shape index (κ1) is 25.4. The van der Waals surface area contributed by atoms with Crippen molar-refractivity contribution in [3.05, 3.63) is 89.5 Å². The molecule has 0 aromatic heterocycles. The van der Waals surface area contributed by atoms with E-state index in [1.807, 2.05) is 30.3 Å². The maximum Gasteiger partial charge on any atom is 0.387 e. The number of nitrogens with one attached hydrogen (secondary N) is 2. The summed E-state index contributed by atoms with van der Waals surface area (Å²) >= 11 is 0. The maximum atomic E-state index is 12.5. The van der Waals surface area contributed by atoms with E-state index in [2.05, 4.69) is 14.8 Å². The second-order valence-corrected chi connectivity index (χ2v) is 9.51. The van der Waals surface area contributed by atoms with Crippen LogP contribution in [0, 0.1) is 0 Å². The van der Waals surface area contributed by atoms with Gasteiger partial charge in [-0.15, -0.1) is 0 Å². The number of sulfonamides is 1. The van der Waals surface area contributed by atoms with Crippen LogP contribution in [0.5, 0.6) is 11.5 Å². The molecule has 0 amide bonds. The van der Waals surface area contributed by atoms with Crippen molar-refractivity contribution in [1.29, 1.82) is 0 Å². The van der Waals surface area contributed by atoms with E-state index in [9.17, 15) is 27.4 Å². The Bertz CT molecular complexity index is 1180. The Labute approximate surface area is 197 Å². The Kier molecular flexibility index (Phi) is 8.43. The van der Waals surface area contributed by atoms with Crippen molar-refractivity contribution in [2.45, 2.75) is 25.2 Å². The van der Waals surface area contributed by atoms with E-state index in [4.69, 9.17) is 0 Å². The molecule has 0 saturated heterocycles. The van der Waals surface area contributed by atoms with Crippen LogP contribution in [-0.4, -0.2) is 38.0 Å². The third-order valence-electron chi connectivity index (χ3n) is 5.05. The standard InChI is InChI=1S/C24H26F2N2O5S/c1-34(31,32)28-21-14-18(9-12-22(21)29)23(30)15-27-20(13-16-5-3-2-4-6-16)17-7-10-19(11-8-17)33-24(25)26/h2-12,14,20,23-24,27-30H,13,15H2,1H3/t20?,23-/m0/s1. The molecular weight excluding hydrogens is 466 g/mol. The van der Waals surface area contributed by atoms with Gasteiger partial charge in [0.2, 0.25) is 10.0 Å². The second-order valence-electron chi connectivity index (χ2n) is 7.76. The van der Waals surface area contributed by atoms with Crippen molar-refractivity contribution in [3.8, 4) is 11.5 Å². The van der Waals surface area contributed by atoms with Gasteiger partial charge in [0.15, 0.2) is 0 Å². The number of rotatable bonds is 11. The number of ether oxygens (including phenoxy) is 1. The zero-order valence-corrected chi connectivity index (χ0v) is 19.2. The first-order chi connectivity index (χ1) is 16.1. The van der Waals surface area contributed by atoms with Gasteiger partial charge in [0, 0.05) is 12.6 Å². The minimum Gasteiger partial charge on any atom is -0.506 e. The predicted octanol–water partition coefficient (Wildman–Crippen LogP) is 3.97. The largest absolute Gasteiger partial charge is 0.506 e. The summed E-state index contributed by atoms with van der Waals surface area (Å²) in [6.45, 7) is -2.80. The van der Waals surface area contributed by atoms with E-state index in [1.165, 1.54) is 30.3 Å². The van der Waals surface area contributed by atoms with Crippen LogP contribution >= 0.6 is 0 Å². The smallest absolute Gasteiger partial charge is 0.387 e. The predicted molar refractivity (Wildman–Crippen MR) is 125 cm³/mol. The Morgan fingerprint density at radius 2 is 1.62 bits per heavy atom. The number of aliphatic hydroxyl groups is 1. The van der Waals surface area contributed by atoms with Crippen molar-refractivity contribution in [2.75, 3.05) is 17.5 Å². The number of phenolic OH excluding ortho intramolecular Hbond substituents is 1. The highest BCUT2D eigenvalue weighted by Gasteiger charge is 2.17. The molecular formula is C24H26F2N2O5S. The number of anilines is 1. The SMILES string of the molecule is CS(=O)(=O)Nc1cc([C@@H](O)CNC(Cc2ccccc2)c2ccc(OC(F)F)cc2)ccc1O. The molecule has 2 atom stereocenters. The molecule has 3 rings (SSSR count). The lowest BCUT2D eigenvalue weighted by Crippen LogP contribution is -2.28. The number of aromatic hydroxyl groups is 1. The highest BCUT2D eigenvalue weighted by Crippen LogP contribution is 2.28. The molecule has 0 radical (unpaired) electrons. The molecule has 0 spiro atoms. The second kappa shape index (κ2) is 11.3. The van der Waals surface area contributed by atoms with Gasteiger partial charge in [0.1, 0.15) is 11.5 Å². The number of alkyl halides is 2. The quantitative estimate of drug-likeness (QED) is 0.302. The molecule has 0 bridgehead atoms. The molecule has 0 aliphatic heterocycles. The van der Waals surface area contributed by atoms with Gasteiger partial charge in [0.05, 0.1) is 18.0 Å². The Morgan fingerprint density at radius 3 is 2.24 bits per heavy atom. The number of hydrogen-bond acceptors (Lipinski definition) is 6. The molecule has 3 aromatic rings. The minimum atomic E-state index is -3.61. The summed E-state index contributed by atoms with van der Waals surface area (Å²) in [6, 6.07) is 19.8. The molecule has 0 fully saturated rings. The summed E-state index contributed by atoms with van der Waals surface area (Å²) in [5.41, 5.74) is 2.21. The van der Waals surface area contributed by atoms with Gasteiger partial charge in [-0.05, 0) is 47.4 Å². The van der Waals surface area contributed by atoms with E-state index >= 15 is 0 Å². The summed E-state index contributed by atoms with van der Waals surface area (Å²) in [5, 5.41) is 23.9. The van der Waals surface area contributed by atoms with Gasteiger partial charge >= 0.3 is 6.61 Å². The van der Waals surface area contributed by atoms with Gasteiger partial charge in [-0.3, -0.25) is 4.72 Å². The topological polar surface area (TPSA) is 108 Å². The average molecular weight is 493 g/mol. The summed E-state index contributed by atoms with van der Waals surface area (Å²) in [6.07, 6.45) is 0.516. The van der Waals surface area contributed by atoms with Crippen molar-refractivity contribution in [2.24, 2.45) is 0 Å². The van der Waals surface area contributed by atoms with Crippen LogP contribution < -0.4 is 14.8 Å². The fraction of sp³-hybridized carbons (Fsp3) is 0.250. The molecule has 4 N–H and O–H groups in total. The summed E-state index contributed by atoms with van der Waals surface area (Å²) < 4.78 is 54.6. The summed E-state index contributed by atoms with van der Waals surface area (Å²) in [5.74, 6) is -0.213. The highest BCUT2D eigenvalue weighted by molar-refractivity contribution is 7.92. The lowest BCUT2D eigenvalue weighted by molar-refractivity contribution is -0.0498. The van der Waals surface area contributed by atoms with Gasteiger partial charge < -0.3 is 20.3 Å². The number of benzene rings is 3. The van der Waals surface area contributed by atoms with Crippen LogP contribution in [0.1, 0.15) is 28.8 Å². The van der Waals surface area contributed by atoms with Crippen LogP contribution in [0.3, 0.4) is 0 Å². The van der Waals surface area contributed by atoms with E-state index in [-0.39, 0.29) is 29.8 Å². The third kappa shape index (κ3) is 7.68. The van der Waals surface area contributed by atoms with E-state index in [0.29, 0.717) is 12.0 Å². The van der Waals surface area contributed by atoms with Crippen LogP contribution in [0.15, 0.2) is 72.8 Å². The van der Waals surface area contributed by atoms with Crippen molar-refractivity contribution in [3.63, 3.8) is 0 Å². The third-order valence-corrected chi connectivity index (χ3v) is 5.64. The van der Waals surface area contributed by atoms with Crippen molar-refractivity contribution < 1.29 is 32.1 Å². The highest BCUT2D eigenvalue weighted by atomic mass is 32.2. The van der Waals surface area contributed by atoms with Gasteiger partial charge in [-0.2, -0.15) is 8.78 Å². The van der Waals surface area contributed by atoms with E-state index in [1.54, 1.807) is 12.1 Å². The molecule has 0 aliphatic carbocycles. The molecule has 7 nitrogen and oxygen atoms in total. The zero-order chi connectivity index (χ0) is 24.7. The van der Waals surface area contributed by atoms with Gasteiger partial charge in [0.25, 0.3) is 0 Å². The molecule has 1 unspecified atom stereocenters. The maximum absolute atomic E-state index is 12.5. The monoisotopic (exact) mass is 492 g/mol. The Hall–Kier alpha value is -3.21. The minimum absolute atomic E-state index is 0.0329. The van der Waals surface area contributed by atoms with Crippen molar-refractivity contribution >= 4 is 15.7 Å². The van der Waals surface area contributed by atoms with E-state index in [0.717, 1.165) is 17.4 Å². The lowest BCUT2D eigenvalue weighted by Gasteiger charge is -2.22. The average Bonchev–Trinajstić information content (AvgIpc) is 2.78. The molecule has 182 valence electrons.